The molecule has 1 heterocycles. The van der Waals surface area contributed by atoms with Gasteiger partial charge in [0.05, 0.1) is 5.69 Å². The maximum atomic E-state index is 12.7. The highest BCUT2D eigenvalue weighted by molar-refractivity contribution is 7.98. The van der Waals surface area contributed by atoms with Crippen LogP contribution in [0.25, 0.3) is 0 Å². The van der Waals surface area contributed by atoms with E-state index >= 15 is 0 Å². The first-order valence-corrected chi connectivity index (χ1v) is 10.4. The lowest BCUT2D eigenvalue weighted by Crippen LogP contribution is -2.30. The lowest BCUT2D eigenvalue weighted by molar-refractivity contribution is 0.102. The molecule has 0 aliphatic heterocycles. The second kappa shape index (κ2) is 9.05. The molecule has 2 rings (SSSR count). The first-order valence-electron chi connectivity index (χ1n) is 8.22. The van der Waals surface area contributed by atoms with Crippen LogP contribution in [0, 0.1) is 27.7 Å². The number of nitrogens with one attached hydrogen (secondary N) is 3. The smallest absolute Gasteiger partial charge is 0.321 e. The molecule has 1 aromatic carbocycles. The molecule has 0 saturated heterocycles. The van der Waals surface area contributed by atoms with E-state index in [2.05, 4.69) is 20.9 Å². The van der Waals surface area contributed by atoms with Crippen LogP contribution in [0.5, 0.6) is 0 Å². The third-order valence-electron chi connectivity index (χ3n) is 3.73. The van der Waals surface area contributed by atoms with Gasteiger partial charge in [-0.3, -0.25) is 10.1 Å². The van der Waals surface area contributed by atoms with Gasteiger partial charge in [0.25, 0.3) is 5.91 Å². The predicted molar refractivity (Wildman–Crippen MR) is 111 cm³/mol. The number of amides is 3. The molecule has 0 saturated carbocycles. The molecule has 3 N–H and O–H groups in total. The van der Waals surface area contributed by atoms with Crippen molar-refractivity contribution in [2.75, 3.05) is 29.2 Å². The number of carbonyl (C=O) groups excluding carboxylic acids is 2. The van der Waals surface area contributed by atoms with Gasteiger partial charge in [-0.25, -0.2) is 9.78 Å². The Morgan fingerprint density at radius 1 is 1.12 bits per heavy atom. The molecule has 0 atom stereocenters. The number of aromatic nitrogens is 1. The molecule has 0 bridgehead atoms. The van der Waals surface area contributed by atoms with E-state index in [4.69, 9.17) is 0 Å². The highest BCUT2D eigenvalue weighted by Crippen LogP contribution is 2.26. The molecule has 2 aromatic rings. The number of thiazole rings is 1. The second-order valence-corrected chi connectivity index (χ2v) is 8.02. The fraction of sp³-hybridized carbons (Fsp3) is 0.389. The molecule has 26 heavy (non-hydrogen) atoms. The summed E-state index contributed by atoms with van der Waals surface area (Å²) in [6.45, 7) is 8.32. The monoisotopic (exact) mass is 392 g/mol. The molecule has 6 nitrogen and oxygen atoms in total. The van der Waals surface area contributed by atoms with Gasteiger partial charge in [-0.2, -0.15) is 11.8 Å². The summed E-state index contributed by atoms with van der Waals surface area (Å²) in [5.41, 5.74) is 4.60. The van der Waals surface area contributed by atoms with Crippen LogP contribution in [0.3, 0.4) is 0 Å². The van der Waals surface area contributed by atoms with Crippen molar-refractivity contribution in [3.05, 3.63) is 39.4 Å². The van der Waals surface area contributed by atoms with Crippen molar-refractivity contribution in [1.29, 1.82) is 0 Å². The molecular weight excluding hydrogens is 368 g/mol. The largest absolute Gasteiger partial charge is 0.337 e. The van der Waals surface area contributed by atoms with E-state index in [1.54, 1.807) is 18.7 Å². The highest BCUT2D eigenvalue weighted by Gasteiger charge is 2.18. The first-order chi connectivity index (χ1) is 12.3. The Labute approximate surface area is 162 Å². The fourth-order valence-electron chi connectivity index (χ4n) is 2.62. The average Bonchev–Trinajstić information content (AvgIpc) is 2.91. The molecule has 0 fully saturated rings. The average molecular weight is 393 g/mol. The predicted octanol–water partition coefficient (Wildman–Crippen LogP) is 4.11. The first kappa shape index (κ1) is 20.3. The highest BCUT2D eigenvalue weighted by atomic mass is 32.2. The number of urea groups is 1. The van der Waals surface area contributed by atoms with Crippen molar-refractivity contribution in [3.63, 3.8) is 0 Å². The van der Waals surface area contributed by atoms with E-state index in [0.717, 1.165) is 28.1 Å². The van der Waals surface area contributed by atoms with Crippen molar-refractivity contribution >= 4 is 45.9 Å². The minimum absolute atomic E-state index is 0.217. The van der Waals surface area contributed by atoms with Gasteiger partial charge < -0.3 is 10.6 Å². The summed E-state index contributed by atoms with van der Waals surface area (Å²) >= 11 is 2.82. The summed E-state index contributed by atoms with van der Waals surface area (Å²) in [4.78, 5) is 29.3. The molecule has 0 spiro atoms. The molecular formula is C18H24N4O2S2. The van der Waals surface area contributed by atoms with Crippen LogP contribution in [-0.2, 0) is 0 Å². The van der Waals surface area contributed by atoms with E-state index in [9.17, 15) is 9.59 Å². The van der Waals surface area contributed by atoms with Crippen LogP contribution in [0.1, 0.15) is 32.1 Å². The van der Waals surface area contributed by atoms with Gasteiger partial charge in [-0.15, -0.1) is 0 Å². The number of aryl methyl sites for hydroxylation is 4. The Bertz CT molecular complexity index is 795. The Hall–Kier alpha value is -2.06. The van der Waals surface area contributed by atoms with E-state index in [0.29, 0.717) is 22.2 Å². The normalized spacial score (nSPS) is 10.5. The number of benzene rings is 1. The Morgan fingerprint density at radius 2 is 1.77 bits per heavy atom. The number of rotatable bonds is 6. The zero-order valence-electron chi connectivity index (χ0n) is 15.6. The van der Waals surface area contributed by atoms with Gasteiger partial charge in [0.1, 0.15) is 4.88 Å². The van der Waals surface area contributed by atoms with E-state index in [1.807, 2.05) is 39.2 Å². The number of hydrogen-bond acceptors (Lipinski definition) is 5. The second-order valence-electron chi connectivity index (χ2n) is 6.04. The van der Waals surface area contributed by atoms with Gasteiger partial charge in [0, 0.05) is 18.0 Å². The van der Waals surface area contributed by atoms with E-state index < -0.39 is 0 Å². The summed E-state index contributed by atoms with van der Waals surface area (Å²) in [5, 5.41) is 8.81. The van der Waals surface area contributed by atoms with E-state index in [1.165, 1.54) is 11.3 Å². The van der Waals surface area contributed by atoms with Gasteiger partial charge in [-0.05, 0) is 45.1 Å². The zero-order chi connectivity index (χ0) is 19.3. The molecule has 8 heteroatoms. The van der Waals surface area contributed by atoms with Crippen LogP contribution in [0.4, 0.5) is 15.6 Å². The standard InChI is InChI=1S/C18H24N4O2S2/c1-10-8-11(2)14(12(3)9-10)21-16(23)15-13(4)20-18(26-15)22-17(24)19-6-7-25-5/h8-9H,6-7H2,1-5H3,(H,21,23)(H2,19,20,22,24). The van der Waals surface area contributed by atoms with Crippen molar-refractivity contribution in [1.82, 2.24) is 10.3 Å². The molecule has 0 unspecified atom stereocenters. The van der Waals surface area contributed by atoms with Gasteiger partial charge in [-0.1, -0.05) is 29.0 Å². The topological polar surface area (TPSA) is 83.1 Å². The number of carbonyl (C=O) groups is 2. The van der Waals surface area contributed by atoms with Crippen molar-refractivity contribution in [3.8, 4) is 0 Å². The molecule has 140 valence electrons. The van der Waals surface area contributed by atoms with Crippen molar-refractivity contribution in [2.24, 2.45) is 0 Å². The van der Waals surface area contributed by atoms with Gasteiger partial charge in [0.2, 0.25) is 0 Å². The van der Waals surface area contributed by atoms with Crippen LogP contribution in [-0.4, -0.2) is 35.5 Å². The summed E-state index contributed by atoms with van der Waals surface area (Å²) < 4.78 is 0. The molecule has 0 aliphatic rings. The lowest BCUT2D eigenvalue weighted by Gasteiger charge is -2.12. The summed E-state index contributed by atoms with van der Waals surface area (Å²) in [7, 11) is 0. The summed E-state index contributed by atoms with van der Waals surface area (Å²) in [6.07, 6.45) is 1.98. The Balaban J connectivity index is 2.09. The third-order valence-corrected chi connectivity index (χ3v) is 5.41. The van der Waals surface area contributed by atoms with Crippen LogP contribution in [0.15, 0.2) is 12.1 Å². The molecule has 3 amide bonds. The minimum Gasteiger partial charge on any atom is -0.337 e. The zero-order valence-corrected chi connectivity index (χ0v) is 17.3. The third kappa shape index (κ3) is 5.22. The SMILES string of the molecule is CSCCNC(=O)Nc1nc(C)c(C(=O)Nc2c(C)cc(C)cc2C)s1. The van der Waals surface area contributed by atoms with Gasteiger partial charge in [0.15, 0.2) is 5.13 Å². The summed E-state index contributed by atoms with van der Waals surface area (Å²) in [5.74, 6) is 0.624. The van der Waals surface area contributed by atoms with Crippen molar-refractivity contribution in [2.45, 2.75) is 27.7 Å². The maximum absolute atomic E-state index is 12.7. The maximum Gasteiger partial charge on any atom is 0.321 e. The molecule has 0 radical (unpaired) electrons. The quantitative estimate of drug-likeness (QED) is 0.646. The summed E-state index contributed by atoms with van der Waals surface area (Å²) in [6, 6.07) is 3.76. The number of anilines is 2. The Kier molecular flexibility index (Phi) is 7.05. The van der Waals surface area contributed by atoms with Crippen molar-refractivity contribution < 1.29 is 9.59 Å². The number of hydrogen-bond donors (Lipinski definition) is 3. The number of nitrogens with zero attached hydrogens (tertiary/aromatic N) is 1. The fourth-order valence-corrected chi connectivity index (χ4v) is 3.78. The minimum atomic E-state index is -0.315. The van der Waals surface area contributed by atoms with Crippen LogP contribution in [0.2, 0.25) is 0 Å². The molecule has 0 aliphatic carbocycles. The van der Waals surface area contributed by atoms with Gasteiger partial charge >= 0.3 is 6.03 Å². The Morgan fingerprint density at radius 3 is 2.38 bits per heavy atom. The van der Waals surface area contributed by atoms with Crippen LogP contribution >= 0.6 is 23.1 Å². The number of thioether (sulfide) groups is 1. The molecule has 1 aromatic heterocycles. The lowest BCUT2D eigenvalue weighted by atomic mass is 10.1. The van der Waals surface area contributed by atoms with E-state index in [-0.39, 0.29) is 11.9 Å². The van der Waals surface area contributed by atoms with Crippen LogP contribution < -0.4 is 16.0 Å².